The van der Waals surface area contributed by atoms with E-state index in [1.54, 1.807) is 35.5 Å². The molecule has 682 valence electrons. The van der Waals surface area contributed by atoms with Crippen molar-refractivity contribution in [2.24, 2.45) is 148 Å². The van der Waals surface area contributed by atoms with Gasteiger partial charge in [0.1, 0.15) is 0 Å². The summed E-state index contributed by atoms with van der Waals surface area (Å²) in [6.45, 7) is 87.5. The Morgan fingerprint density at radius 2 is 0.360 bits per heavy atom. The Bertz CT molecular complexity index is 1540. The number of hydrogen-bond acceptors (Lipinski definition) is 6. The van der Waals surface area contributed by atoms with E-state index in [4.69, 9.17) is 28.4 Å². The molecule has 4 rings (SSSR count). The van der Waals surface area contributed by atoms with Crippen LogP contribution in [0.25, 0.3) is 0 Å². The van der Waals surface area contributed by atoms with Gasteiger partial charge in [-0.15, -0.1) is 0 Å². The first-order valence-corrected chi connectivity index (χ1v) is 48.8. The van der Waals surface area contributed by atoms with Gasteiger partial charge < -0.3 is 28.4 Å². The summed E-state index contributed by atoms with van der Waals surface area (Å²) in [6.07, 6.45) is 47.2. The average Bonchev–Trinajstić information content (AvgIpc) is 0.934. The summed E-state index contributed by atoms with van der Waals surface area (Å²) in [7, 11) is 8.56. The molecule has 0 saturated heterocycles. The lowest BCUT2D eigenvalue weighted by molar-refractivity contribution is 0.0784. The normalized spacial score (nSPS) is 15.9. The van der Waals surface area contributed by atoms with Crippen LogP contribution in [0.3, 0.4) is 0 Å². The Morgan fingerprint density at radius 3 is 0.559 bits per heavy atom. The summed E-state index contributed by atoms with van der Waals surface area (Å²) in [5.74, 6) is 21.6. The summed E-state index contributed by atoms with van der Waals surface area (Å²) in [5, 5.41) is 0. The quantitative estimate of drug-likeness (QED) is 0.0614. The second-order valence-electron chi connectivity index (χ2n) is 43.3. The largest absolute Gasteiger partial charge is 0.384 e. The fourth-order valence-electron chi connectivity index (χ4n) is 17.2. The van der Waals surface area contributed by atoms with Crippen molar-refractivity contribution in [3.05, 3.63) is 0 Å². The van der Waals surface area contributed by atoms with Crippen molar-refractivity contribution in [2.75, 3.05) is 81.8 Å². The van der Waals surface area contributed by atoms with E-state index in [1.165, 1.54) is 205 Å². The molecule has 6 heteroatoms. The molecule has 0 aliphatic heterocycles. The number of methoxy groups -OCH3 is 5. The predicted molar refractivity (Wildman–Crippen MR) is 509 cm³/mol. The molecule has 0 bridgehead atoms. The van der Waals surface area contributed by atoms with E-state index in [0.717, 1.165) is 171 Å². The number of rotatable bonds is 38. The van der Waals surface area contributed by atoms with E-state index in [0.29, 0.717) is 23.7 Å². The third kappa shape index (κ3) is 126. The van der Waals surface area contributed by atoms with Crippen LogP contribution in [0.2, 0.25) is 0 Å². The van der Waals surface area contributed by atoms with E-state index >= 15 is 0 Å². The zero-order chi connectivity index (χ0) is 87.3. The smallest absolute Gasteiger partial charge is 0.0509 e. The molecule has 4 fully saturated rings. The highest BCUT2D eigenvalue weighted by molar-refractivity contribution is 4.74. The zero-order valence-electron chi connectivity index (χ0n) is 85.5. The molecule has 0 heterocycles. The van der Waals surface area contributed by atoms with Crippen LogP contribution in [-0.4, -0.2) is 81.8 Å². The zero-order valence-corrected chi connectivity index (χ0v) is 85.5. The maximum atomic E-state index is 5.56. The topological polar surface area (TPSA) is 55.4 Å². The molecule has 4 aliphatic carbocycles. The maximum Gasteiger partial charge on any atom is 0.0509 e. The van der Waals surface area contributed by atoms with Crippen LogP contribution in [-0.2, 0) is 28.4 Å². The van der Waals surface area contributed by atoms with E-state index in [2.05, 4.69) is 249 Å². The lowest BCUT2D eigenvalue weighted by atomic mass is 9.78. The maximum absolute atomic E-state index is 5.56. The van der Waals surface area contributed by atoms with Crippen molar-refractivity contribution in [3.8, 4) is 0 Å². The molecule has 3 unspecified atom stereocenters. The van der Waals surface area contributed by atoms with E-state index in [9.17, 15) is 0 Å². The summed E-state index contributed by atoms with van der Waals surface area (Å²) < 4.78 is 30.1. The van der Waals surface area contributed by atoms with Crippen molar-refractivity contribution in [3.63, 3.8) is 0 Å². The van der Waals surface area contributed by atoms with Gasteiger partial charge >= 0.3 is 0 Å². The first-order chi connectivity index (χ1) is 51.7. The summed E-state index contributed by atoms with van der Waals surface area (Å²) in [4.78, 5) is 0. The number of hydrogen-bond donors (Lipinski definition) is 0. The minimum Gasteiger partial charge on any atom is -0.384 e. The van der Waals surface area contributed by atoms with Crippen LogP contribution in [0.4, 0.5) is 0 Å². The second-order valence-corrected chi connectivity index (χ2v) is 43.3. The van der Waals surface area contributed by atoms with Gasteiger partial charge in [-0.2, -0.15) is 0 Å². The van der Waals surface area contributed by atoms with Crippen molar-refractivity contribution in [2.45, 2.75) is 455 Å². The molecular weight excluding hydrogens is 1360 g/mol. The fourth-order valence-corrected chi connectivity index (χ4v) is 17.2. The second kappa shape index (κ2) is 90.5. The third-order valence-corrected chi connectivity index (χ3v) is 20.1. The van der Waals surface area contributed by atoms with Crippen LogP contribution in [0.15, 0.2) is 0 Å². The molecule has 0 N–H and O–H groups in total. The molecule has 0 aromatic rings. The molecule has 6 nitrogen and oxygen atoms in total. The van der Waals surface area contributed by atoms with E-state index in [-0.39, 0.29) is 0 Å². The molecule has 4 saturated carbocycles. The molecule has 0 radical (unpaired) electrons. The summed E-state index contributed by atoms with van der Waals surface area (Å²) in [5.41, 5.74) is 0. The Morgan fingerprint density at radius 1 is 0.171 bits per heavy atom. The fraction of sp³-hybridized carbons (Fsp3) is 1.00. The van der Waals surface area contributed by atoms with E-state index < -0.39 is 0 Å². The lowest BCUT2D eigenvalue weighted by Crippen LogP contribution is -2.15. The molecule has 0 amide bonds. The van der Waals surface area contributed by atoms with E-state index in [1.807, 2.05) is 0 Å². The Balaban J connectivity index is -0.000000176. The van der Waals surface area contributed by atoms with Crippen molar-refractivity contribution in [1.82, 2.24) is 0 Å². The Hall–Kier alpha value is -0.240. The predicted octanol–water partition coefficient (Wildman–Crippen LogP) is 34.7. The van der Waals surface area contributed by atoms with Gasteiger partial charge in [0.15, 0.2) is 0 Å². The van der Waals surface area contributed by atoms with Crippen LogP contribution in [0.5, 0.6) is 0 Å². The summed E-state index contributed by atoms with van der Waals surface area (Å²) >= 11 is 0. The van der Waals surface area contributed by atoms with Gasteiger partial charge in [-0.25, -0.2) is 0 Å². The van der Waals surface area contributed by atoms with Gasteiger partial charge in [0, 0.05) is 67.2 Å². The van der Waals surface area contributed by atoms with Gasteiger partial charge in [0.2, 0.25) is 0 Å². The first-order valence-electron chi connectivity index (χ1n) is 48.8. The van der Waals surface area contributed by atoms with Crippen LogP contribution in [0, 0.1) is 148 Å². The Kier molecular flexibility index (Phi) is 103. The monoisotopic (exact) mass is 1580 g/mol. The molecule has 0 aromatic carbocycles. The molecule has 3 atom stereocenters. The molecule has 4 aliphatic rings. The van der Waals surface area contributed by atoms with Gasteiger partial charge in [-0.3, -0.25) is 0 Å². The van der Waals surface area contributed by atoms with Gasteiger partial charge in [-0.05, 0) is 213 Å². The first kappa shape index (κ1) is 126. The SMILES string of the molecule is CC(C)C.CC(C)C.CC(C)CC(C)C.CC(C)CC(C)CC(C)C.CC(C)CC(C)CC(C)C.CC(C)CC(C)CC1CCCCC1.CC(C)CC1CCCCC1.CC(C)COCC(C)CC(C)C.CC(CC1CCCCC1)CC1CCCCC1.COCC(C)CC(C)C.COCC(C)COC.COCC(C)COC. The van der Waals surface area contributed by atoms with Gasteiger partial charge in [0.25, 0.3) is 0 Å². The minimum atomic E-state index is 0.519. The highest BCUT2D eigenvalue weighted by atomic mass is 16.5. The van der Waals surface area contributed by atoms with Crippen LogP contribution in [0.1, 0.15) is 455 Å². The molecule has 111 heavy (non-hydrogen) atoms. The van der Waals surface area contributed by atoms with Crippen LogP contribution < -0.4 is 0 Å². The summed E-state index contributed by atoms with van der Waals surface area (Å²) in [6, 6.07) is 0. The number of ether oxygens (including phenoxy) is 6. The van der Waals surface area contributed by atoms with Crippen molar-refractivity contribution < 1.29 is 28.4 Å². The van der Waals surface area contributed by atoms with Crippen molar-refractivity contribution in [1.29, 1.82) is 0 Å². The van der Waals surface area contributed by atoms with Gasteiger partial charge in [-0.1, -0.05) is 378 Å². The molecular formula is C105H226O6. The minimum absolute atomic E-state index is 0.519. The highest BCUT2D eigenvalue weighted by Crippen LogP contribution is 2.36. The highest BCUT2D eigenvalue weighted by Gasteiger charge is 2.22. The lowest BCUT2D eigenvalue weighted by Gasteiger charge is -2.28. The Labute approximate surface area is 708 Å². The van der Waals surface area contributed by atoms with Crippen LogP contribution >= 0.6 is 0 Å². The standard InChI is InChI=1S/C16H30.C13H26.C11H24O.C10H20.2C10H22.C8H18O.C7H16.2C6H14O2.2C4H10/c1-14(12-15-8-4-2-5-9-15)13-16-10-6-3-7-11-16;1-11(2)9-12(3)10-13-7-5-4-6-8-13;1-9(2)6-11(5)8-12-7-10(3)4;1-9(2)8-10-6-4-3-5-7-10;2*1-8(2)6-10(5)7-9(3)4;1-7(2)5-8(3)6-9-4;1-6(2)5-7(3)4;2*1-6(4-7-2)5-8-3;2*1-4(2)3/h14-16H,2-13H2,1H3;11-13H,4-10H2,1-3H3;9-11H,6-8H2,1-5H3;9-10H,3-8H2,1-2H3;2*8-10H,6-7H2,1-5H3;7-8H,5-6H2,1-4H3;6-7H,5H2,1-4H3;2*6H,4-5H2,1-3H3;2*4H,1-3H3. The average molecular weight is 1580 g/mol. The third-order valence-electron chi connectivity index (χ3n) is 20.1. The molecule has 0 spiro atoms. The van der Waals surface area contributed by atoms with Gasteiger partial charge in [0.05, 0.1) is 26.4 Å². The molecule has 0 aromatic heterocycles. The van der Waals surface area contributed by atoms with Crippen molar-refractivity contribution >= 4 is 0 Å².